The number of carbonyl (C=O) groups excluding carboxylic acids is 1. The zero-order valence-electron chi connectivity index (χ0n) is 13.3. The van der Waals surface area contributed by atoms with Gasteiger partial charge in [0.1, 0.15) is 0 Å². The number of nitrogens with zero attached hydrogens (tertiary/aromatic N) is 2. The number of anilines is 3. The van der Waals surface area contributed by atoms with E-state index >= 15 is 0 Å². The number of fused-ring (bicyclic) bond motifs is 1. The predicted octanol–water partition coefficient (Wildman–Crippen LogP) is 1.93. The third-order valence-electron chi connectivity index (χ3n) is 3.80. The topological polar surface area (TPSA) is 61.6 Å². The maximum atomic E-state index is 11.6. The molecule has 1 aromatic carbocycles. The lowest BCUT2D eigenvalue weighted by atomic mass is 10.0. The molecule has 1 heterocycles. The van der Waals surface area contributed by atoms with Gasteiger partial charge in [-0.1, -0.05) is 6.92 Å². The summed E-state index contributed by atoms with van der Waals surface area (Å²) in [5.74, 6) is 0.0913. The minimum Gasteiger partial charge on any atom is -0.397 e. The number of aryl methyl sites for hydroxylation is 1. The molecule has 0 atom stereocenters. The molecule has 0 radical (unpaired) electrons. The molecule has 21 heavy (non-hydrogen) atoms. The Labute approximate surface area is 127 Å². The molecule has 0 unspecified atom stereocenters. The Morgan fingerprint density at radius 2 is 1.95 bits per heavy atom. The van der Waals surface area contributed by atoms with Crippen LogP contribution in [-0.2, 0) is 11.2 Å². The first-order valence-electron chi connectivity index (χ1n) is 7.63. The number of carbonyl (C=O) groups is 1. The zero-order chi connectivity index (χ0) is 15.4. The normalized spacial score (nSPS) is 14.0. The maximum absolute atomic E-state index is 11.6. The summed E-state index contributed by atoms with van der Waals surface area (Å²) in [7, 11) is 4.14. The number of nitrogen functional groups attached to an aromatic ring is 1. The van der Waals surface area contributed by atoms with Crippen molar-refractivity contribution in [2.45, 2.75) is 26.2 Å². The third-order valence-corrected chi connectivity index (χ3v) is 3.80. The van der Waals surface area contributed by atoms with E-state index < -0.39 is 0 Å². The Morgan fingerprint density at radius 1 is 1.19 bits per heavy atom. The minimum atomic E-state index is 0.0913. The Morgan fingerprint density at radius 3 is 2.62 bits per heavy atom. The van der Waals surface area contributed by atoms with Gasteiger partial charge < -0.3 is 20.9 Å². The van der Waals surface area contributed by atoms with E-state index in [-0.39, 0.29) is 5.91 Å². The first-order chi connectivity index (χ1) is 10.0. The monoisotopic (exact) mass is 290 g/mol. The van der Waals surface area contributed by atoms with Gasteiger partial charge in [0.2, 0.25) is 5.91 Å². The van der Waals surface area contributed by atoms with Crippen LogP contribution in [0.3, 0.4) is 0 Å². The van der Waals surface area contributed by atoms with Crippen LogP contribution in [0, 0.1) is 0 Å². The molecule has 5 nitrogen and oxygen atoms in total. The van der Waals surface area contributed by atoms with E-state index in [4.69, 9.17) is 5.73 Å². The summed E-state index contributed by atoms with van der Waals surface area (Å²) in [5.41, 5.74) is 10.1. The van der Waals surface area contributed by atoms with Gasteiger partial charge in [0.05, 0.1) is 11.4 Å². The van der Waals surface area contributed by atoms with E-state index in [2.05, 4.69) is 36.1 Å². The molecule has 0 saturated heterocycles. The number of nitrogens with one attached hydrogen (secondary N) is 1. The van der Waals surface area contributed by atoms with Crippen molar-refractivity contribution in [3.63, 3.8) is 0 Å². The van der Waals surface area contributed by atoms with Gasteiger partial charge in [0.15, 0.2) is 0 Å². The van der Waals surface area contributed by atoms with E-state index in [1.807, 2.05) is 12.1 Å². The Kier molecular flexibility index (Phi) is 5.07. The number of benzene rings is 1. The van der Waals surface area contributed by atoms with E-state index in [0.29, 0.717) is 6.42 Å². The van der Waals surface area contributed by atoms with Gasteiger partial charge >= 0.3 is 0 Å². The minimum absolute atomic E-state index is 0.0913. The lowest BCUT2D eigenvalue weighted by Gasteiger charge is -2.29. The van der Waals surface area contributed by atoms with Crippen LogP contribution >= 0.6 is 0 Å². The van der Waals surface area contributed by atoms with Gasteiger partial charge in [-0.3, -0.25) is 4.79 Å². The fourth-order valence-corrected chi connectivity index (χ4v) is 2.65. The predicted molar refractivity (Wildman–Crippen MR) is 88.9 cm³/mol. The van der Waals surface area contributed by atoms with Crippen molar-refractivity contribution >= 4 is 23.0 Å². The summed E-state index contributed by atoms with van der Waals surface area (Å²) in [4.78, 5) is 16.0. The van der Waals surface area contributed by atoms with Gasteiger partial charge in [-0.2, -0.15) is 0 Å². The van der Waals surface area contributed by atoms with Gasteiger partial charge in [-0.15, -0.1) is 0 Å². The van der Waals surface area contributed by atoms with Gasteiger partial charge in [0, 0.05) is 31.7 Å². The summed E-state index contributed by atoms with van der Waals surface area (Å²) in [6.07, 6.45) is 2.39. The van der Waals surface area contributed by atoms with Crippen molar-refractivity contribution in [1.82, 2.24) is 4.90 Å². The average Bonchev–Trinajstić information content (AvgIpc) is 2.43. The van der Waals surface area contributed by atoms with Crippen LogP contribution in [-0.4, -0.2) is 44.5 Å². The molecule has 1 amide bonds. The van der Waals surface area contributed by atoms with E-state index in [1.165, 1.54) is 0 Å². The first kappa shape index (κ1) is 15.6. The summed E-state index contributed by atoms with van der Waals surface area (Å²) in [6, 6.07) is 4.05. The molecule has 0 saturated carbocycles. The van der Waals surface area contributed by atoms with E-state index in [9.17, 15) is 4.79 Å². The number of likely N-dealkylation sites (N-methyl/N-ethyl adjacent to an activating group) is 1. The quantitative estimate of drug-likeness (QED) is 0.786. The van der Waals surface area contributed by atoms with Crippen molar-refractivity contribution in [3.8, 4) is 0 Å². The zero-order valence-corrected chi connectivity index (χ0v) is 13.3. The lowest BCUT2D eigenvalue weighted by Crippen LogP contribution is -2.33. The second kappa shape index (κ2) is 6.80. The van der Waals surface area contributed by atoms with Crippen molar-refractivity contribution in [2.75, 3.05) is 49.7 Å². The van der Waals surface area contributed by atoms with Crippen LogP contribution in [0.4, 0.5) is 17.1 Å². The molecule has 0 aromatic heterocycles. The standard InChI is InChI=1S/C16H26N4O/c1-4-7-20(9-8-19(2)3)15-11-14-12(10-13(15)17)5-6-16(21)18-14/h10-11H,4-9,17H2,1-3H3,(H,18,21). The van der Waals surface area contributed by atoms with Crippen LogP contribution in [0.15, 0.2) is 12.1 Å². The van der Waals surface area contributed by atoms with Crippen molar-refractivity contribution < 1.29 is 4.79 Å². The number of hydrogen-bond donors (Lipinski definition) is 2. The fraction of sp³-hybridized carbons (Fsp3) is 0.562. The van der Waals surface area contributed by atoms with Crippen LogP contribution in [0.1, 0.15) is 25.3 Å². The Bertz CT molecular complexity index is 513. The molecular formula is C16H26N4O. The van der Waals surface area contributed by atoms with Gasteiger partial charge in [0.25, 0.3) is 0 Å². The molecule has 1 aromatic rings. The molecule has 2 rings (SSSR count). The summed E-state index contributed by atoms with van der Waals surface area (Å²) >= 11 is 0. The number of nitrogens with two attached hydrogens (primary N) is 1. The fourth-order valence-electron chi connectivity index (χ4n) is 2.65. The second-order valence-electron chi connectivity index (χ2n) is 5.91. The maximum Gasteiger partial charge on any atom is 0.224 e. The molecule has 3 N–H and O–H groups in total. The first-order valence-corrected chi connectivity index (χ1v) is 7.63. The highest BCUT2D eigenvalue weighted by Gasteiger charge is 2.19. The molecule has 1 aliphatic heterocycles. The van der Waals surface area contributed by atoms with Crippen LogP contribution < -0.4 is 16.0 Å². The van der Waals surface area contributed by atoms with Gasteiger partial charge in [-0.05, 0) is 44.6 Å². The smallest absolute Gasteiger partial charge is 0.224 e. The molecule has 0 aliphatic carbocycles. The molecular weight excluding hydrogens is 264 g/mol. The summed E-state index contributed by atoms with van der Waals surface area (Å²) in [5, 5.41) is 2.96. The number of rotatable bonds is 6. The molecule has 0 bridgehead atoms. The Balaban J connectivity index is 2.26. The molecule has 0 fully saturated rings. The van der Waals surface area contributed by atoms with Crippen LogP contribution in [0.5, 0.6) is 0 Å². The highest BCUT2D eigenvalue weighted by Crippen LogP contribution is 2.33. The molecule has 1 aliphatic rings. The highest BCUT2D eigenvalue weighted by molar-refractivity contribution is 5.95. The Hall–Kier alpha value is -1.75. The second-order valence-corrected chi connectivity index (χ2v) is 5.91. The number of amides is 1. The van der Waals surface area contributed by atoms with E-state index in [0.717, 1.165) is 55.1 Å². The van der Waals surface area contributed by atoms with Crippen LogP contribution in [0.25, 0.3) is 0 Å². The SMILES string of the molecule is CCCN(CCN(C)C)c1cc2c(cc1N)CCC(=O)N2. The largest absolute Gasteiger partial charge is 0.397 e. The van der Waals surface area contributed by atoms with Crippen molar-refractivity contribution in [2.24, 2.45) is 0 Å². The summed E-state index contributed by atoms with van der Waals surface area (Å²) in [6.45, 7) is 5.03. The van der Waals surface area contributed by atoms with E-state index in [1.54, 1.807) is 0 Å². The summed E-state index contributed by atoms with van der Waals surface area (Å²) < 4.78 is 0. The lowest BCUT2D eigenvalue weighted by molar-refractivity contribution is -0.116. The van der Waals surface area contributed by atoms with Gasteiger partial charge in [-0.25, -0.2) is 0 Å². The molecule has 116 valence electrons. The average molecular weight is 290 g/mol. The van der Waals surface area contributed by atoms with Crippen LogP contribution in [0.2, 0.25) is 0 Å². The van der Waals surface area contributed by atoms with Crippen molar-refractivity contribution in [3.05, 3.63) is 17.7 Å². The molecule has 5 heteroatoms. The third kappa shape index (κ3) is 3.88. The highest BCUT2D eigenvalue weighted by atomic mass is 16.1. The van der Waals surface area contributed by atoms with Crippen molar-refractivity contribution in [1.29, 1.82) is 0 Å². The number of hydrogen-bond acceptors (Lipinski definition) is 4. The molecule has 0 spiro atoms.